The summed E-state index contributed by atoms with van der Waals surface area (Å²) < 4.78 is 5.79. The van der Waals surface area contributed by atoms with E-state index in [0.717, 1.165) is 4.68 Å². The van der Waals surface area contributed by atoms with Crippen LogP contribution in [-0.2, 0) is 16.0 Å². The number of nitrogens with zero attached hydrogens (tertiary/aromatic N) is 1. The zero-order valence-corrected chi connectivity index (χ0v) is 9.89. The van der Waals surface area contributed by atoms with Gasteiger partial charge in [0.1, 0.15) is 0 Å². The van der Waals surface area contributed by atoms with Crippen molar-refractivity contribution in [3.63, 3.8) is 0 Å². The highest BCUT2D eigenvalue weighted by Crippen LogP contribution is 2.01. The van der Waals surface area contributed by atoms with E-state index in [9.17, 15) is 9.59 Å². The van der Waals surface area contributed by atoms with Gasteiger partial charge in [0.25, 0.3) is 5.56 Å². The lowest BCUT2D eigenvalue weighted by molar-refractivity contribution is -0.142. The number of esters is 1. The average molecular weight is 243 g/mol. The van der Waals surface area contributed by atoms with Crippen LogP contribution in [0.2, 0.25) is 0 Å². The first-order valence-electron chi connectivity index (χ1n) is 4.73. The van der Waals surface area contributed by atoms with Crippen molar-refractivity contribution >= 4 is 23.3 Å². The number of rotatable bonds is 3. The first-order chi connectivity index (χ1) is 7.47. The number of nitrogens with two attached hydrogens (primary N) is 1. The van der Waals surface area contributed by atoms with Crippen LogP contribution in [0.1, 0.15) is 18.2 Å². The van der Waals surface area contributed by atoms with Crippen molar-refractivity contribution in [3.05, 3.63) is 21.6 Å². The van der Waals surface area contributed by atoms with Crippen LogP contribution in [0.15, 0.2) is 4.79 Å². The first kappa shape index (κ1) is 12.4. The number of thiocarbonyl (C=S) groups is 1. The molecule has 16 heavy (non-hydrogen) atoms. The molecule has 0 aromatic carbocycles. The van der Waals surface area contributed by atoms with Crippen molar-refractivity contribution in [1.82, 2.24) is 9.78 Å². The number of H-pyrrole nitrogens is 1. The Hall–Kier alpha value is -1.63. The fraction of sp³-hybridized carbons (Fsp3) is 0.444. The van der Waals surface area contributed by atoms with Gasteiger partial charge >= 0.3 is 5.97 Å². The number of aromatic amines is 1. The zero-order chi connectivity index (χ0) is 12.3. The van der Waals surface area contributed by atoms with E-state index >= 15 is 0 Å². The minimum atomic E-state index is -0.447. The summed E-state index contributed by atoms with van der Waals surface area (Å²) in [7, 11) is 0. The van der Waals surface area contributed by atoms with Gasteiger partial charge in [-0.25, -0.2) is 0 Å². The molecule has 1 aromatic heterocycles. The third-order valence-corrected chi connectivity index (χ3v) is 2.22. The molecule has 0 aliphatic rings. The molecule has 3 N–H and O–H groups in total. The molecule has 0 bridgehead atoms. The second kappa shape index (κ2) is 4.93. The van der Waals surface area contributed by atoms with E-state index < -0.39 is 11.5 Å². The van der Waals surface area contributed by atoms with E-state index in [2.05, 4.69) is 17.3 Å². The molecule has 0 unspecified atom stereocenters. The molecule has 7 heteroatoms. The van der Waals surface area contributed by atoms with Gasteiger partial charge in [0.15, 0.2) is 5.11 Å². The average Bonchev–Trinajstić information content (AvgIpc) is 2.46. The summed E-state index contributed by atoms with van der Waals surface area (Å²) in [4.78, 5) is 23.0. The second-order valence-corrected chi connectivity index (χ2v) is 3.59. The Labute approximate surface area is 97.4 Å². The molecule has 88 valence electrons. The standard InChI is InChI=1S/C9H13N3O3S/c1-3-15-7(13)4-6-5(2)11-12(8(6)14)9(10)16/h11H,3-4H2,1-2H3,(H2,10,16). The quantitative estimate of drug-likeness (QED) is 0.561. The predicted octanol–water partition coefficient (Wildman–Crippen LogP) is -0.318. The first-order valence-corrected chi connectivity index (χ1v) is 5.14. The number of carbonyl (C=O) groups excluding carboxylic acids is 1. The van der Waals surface area contributed by atoms with Crippen molar-refractivity contribution in [2.24, 2.45) is 5.73 Å². The monoisotopic (exact) mass is 243 g/mol. The van der Waals surface area contributed by atoms with Crippen LogP contribution in [-0.4, -0.2) is 27.5 Å². The summed E-state index contributed by atoms with van der Waals surface area (Å²) in [6, 6.07) is 0. The maximum atomic E-state index is 11.7. The molecule has 0 atom stereocenters. The van der Waals surface area contributed by atoms with Gasteiger partial charge in [0.05, 0.1) is 18.6 Å². The largest absolute Gasteiger partial charge is 0.466 e. The smallest absolute Gasteiger partial charge is 0.310 e. The molecule has 1 rings (SSSR count). The summed E-state index contributed by atoms with van der Waals surface area (Å²) in [6.07, 6.45) is -0.0787. The lowest BCUT2D eigenvalue weighted by Crippen LogP contribution is -2.31. The number of hydrogen-bond acceptors (Lipinski definition) is 4. The van der Waals surface area contributed by atoms with Gasteiger partial charge in [-0.3, -0.25) is 14.7 Å². The number of carbonyl (C=O) groups is 1. The number of hydrogen-bond donors (Lipinski definition) is 2. The third kappa shape index (κ3) is 2.48. The highest BCUT2D eigenvalue weighted by molar-refractivity contribution is 7.80. The molecule has 0 aliphatic heterocycles. The minimum absolute atomic E-state index is 0.0787. The van der Waals surface area contributed by atoms with Crippen LogP contribution in [0.5, 0.6) is 0 Å². The van der Waals surface area contributed by atoms with E-state index in [1.165, 1.54) is 0 Å². The molecule has 0 spiro atoms. The normalized spacial score (nSPS) is 10.1. The van der Waals surface area contributed by atoms with Crippen LogP contribution in [0.4, 0.5) is 0 Å². The highest BCUT2D eigenvalue weighted by atomic mass is 32.1. The van der Waals surface area contributed by atoms with Crippen molar-refractivity contribution in [3.8, 4) is 0 Å². The zero-order valence-electron chi connectivity index (χ0n) is 9.07. The summed E-state index contributed by atoms with van der Waals surface area (Å²) >= 11 is 4.68. The summed E-state index contributed by atoms with van der Waals surface area (Å²) in [5.74, 6) is -0.447. The molecule has 0 amide bonds. The lowest BCUT2D eigenvalue weighted by atomic mass is 10.2. The van der Waals surface area contributed by atoms with Crippen molar-refractivity contribution in [2.45, 2.75) is 20.3 Å². The molecule has 0 aliphatic carbocycles. The van der Waals surface area contributed by atoms with Crippen LogP contribution in [0.25, 0.3) is 0 Å². The Bertz CT molecular complexity index is 475. The van der Waals surface area contributed by atoms with Gasteiger partial charge in [-0.05, 0) is 26.1 Å². The SMILES string of the molecule is CCOC(=O)Cc1c(C)[nH]n(C(N)=S)c1=O. The topological polar surface area (TPSA) is 90.1 Å². The number of aromatic nitrogens is 2. The van der Waals surface area contributed by atoms with Crippen LogP contribution in [0.3, 0.4) is 0 Å². The summed E-state index contributed by atoms with van der Waals surface area (Å²) in [5.41, 5.74) is 5.81. The number of aryl methyl sites for hydroxylation is 1. The molecular formula is C9H13N3O3S. The van der Waals surface area contributed by atoms with Gasteiger partial charge in [-0.1, -0.05) is 0 Å². The number of ether oxygens (including phenoxy) is 1. The molecule has 0 radical (unpaired) electrons. The van der Waals surface area contributed by atoms with Gasteiger partial charge in [-0.15, -0.1) is 0 Å². The maximum Gasteiger partial charge on any atom is 0.310 e. The molecule has 1 heterocycles. The van der Waals surface area contributed by atoms with Gasteiger partial charge in [-0.2, -0.15) is 4.68 Å². The second-order valence-electron chi connectivity index (χ2n) is 3.18. The fourth-order valence-corrected chi connectivity index (χ4v) is 1.43. The van der Waals surface area contributed by atoms with Crippen molar-refractivity contribution < 1.29 is 9.53 Å². The molecule has 1 aromatic rings. The van der Waals surface area contributed by atoms with Crippen molar-refractivity contribution in [1.29, 1.82) is 0 Å². The van der Waals surface area contributed by atoms with E-state index in [4.69, 9.17) is 10.5 Å². The Balaban J connectivity index is 3.02. The molecule has 0 saturated carbocycles. The van der Waals surface area contributed by atoms with Gasteiger partial charge in [0, 0.05) is 5.69 Å². The Morgan fingerprint density at radius 2 is 2.25 bits per heavy atom. The minimum Gasteiger partial charge on any atom is -0.466 e. The lowest BCUT2D eigenvalue weighted by Gasteiger charge is -1.99. The van der Waals surface area contributed by atoms with Gasteiger partial charge in [0.2, 0.25) is 0 Å². The number of nitrogens with one attached hydrogen (secondary N) is 1. The van der Waals surface area contributed by atoms with E-state index in [1.54, 1.807) is 13.8 Å². The van der Waals surface area contributed by atoms with Gasteiger partial charge < -0.3 is 10.5 Å². The van der Waals surface area contributed by atoms with Crippen molar-refractivity contribution in [2.75, 3.05) is 6.61 Å². The Morgan fingerprint density at radius 3 is 2.69 bits per heavy atom. The van der Waals surface area contributed by atoms with Crippen LogP contribution < -0.4 is 11.3 Å². The van der Waals surface area contributed by atoms with Crippen LogP contribution >= 0.6 is 12.2 Å². The summed E-state index contributed by atoms with van der Waals surface area (Å²) in [5, 5.41) is 2.61. The van der Waals surface area contributed by atoms with E-state index in [0.29, 0.717) is 11.3 Å². The maximum absolute atomic E-state index is 11.7. The van der Waals surface area contributed by atoms with E-state index in [-0.39, 0.29) is 18.1 Å². The third-order valence-electron chi connectivity index (χ3n) is 2.04. The predicted molar refractivity (Wildman–Crippen MR) is 62.3 cm³/mol. The molecule has 0 saturated heterocycles. The Morgan fingerprint density at radius 1 is 1.62 bits per heavy atom. The molecule has 0 fully saturated rings. The molecule has 6 nitrogen and oxygen atoms in total. The Kier molecular flexibility index (Phi) is 3.83. The summed E-state index contributed by atoms with van der Waals surface area (Å²) in [6.45, 7) is 3.66. The highest BCUT2D eigenvalue weighted by Gasteiger charge is 2.16. The van der Waals surface area contributed by atoms with E-state index in [1.807, 2.05) is 0 Å². The fourth-order valence-electron chi connectivity index (χ4n) is 1.30. The molecular weight excluding hydrogens is 230 g/mol. The van der Waals surface area contributed by atoms with Crippen LogP contribution in [0, 0.1) is 6.92 Å².